The first kappa shape index (κ1) is 15.8. The van der Waals surface area contributed by atoms with Gasteiger partial charge in [-0.3, -0.25) is 4.79 Å². The smallest absolute Gasteiger partial charge is 0.248 e. The molecule has 0 aromatic carbocycles. The highest BCUT2D eigenvalue weighted by Gasteiger charge is 2.31. The summed E-state index contributed by atoms with van der Waals surface area (Å²) in [6.07, 6.45) is 7.70. The molecule has 2 fully saturated rings. The number of hydrogen-bond donors (Lipinski definition) is 0. The van der Waals surface area contributed by atoms with Gasteiger partial charge in [-0.05, 0) is 37.1 Å². The van der Waals surface area contributed by atoms with E-state index in [0.717, 1.165) is 50.2 Å². The lowest BCUT2D eigenvalue weighted by atomic mass is 9.87. The van der Waals surface area contributed by atoms with Gasteiger partial charge in [-0.2, -0.15) is 11.3 Å². The molecule has 1 saturated carbocycles. The highest BCUT2D eigenvalue weighted by atomic mass is 32.1. The molecule has 0 radical (unpaired) electrons. The predicted molar refractivity (Wildman–Crippen MR) is 92.7 cm³/mol. The van der Waals surface area contributed by atoms with Crippen LogP contribution in [0.1, 0.15) is 56.8 Å². The van der Waals surface area contributed by atoms with E-state index in [0.29, 0.717) is 11.8 Å². The fourth-order valence-electron chi connectivity index (χ4n) is 3.86. The highest BCUT2D eigenvalue weighted by molar-refractivity contribution is 7.08. The number of rotatable bonds is 3. The second kappa shape index (κ2) is 7.05. The minimum Gasteiger partial charge on any atom is -0.420 e. The molecule has 0 bridgehead atoms. The summed E-state index contributed by atoms with van der Waals surface area (Å²) < 4.78 is 5.86. The molecule has 6 heteroatoms. The van der Waals surface area contributed by atoms with Crippen molar-refractivity contribution in [3.63, 3.8) is 0 Å². The largest absolute Gasteiger partial charge is 0.420 e. The lowest BCUT2D eigenvalue weighted by Gasteiger charge is -2.34. The molecular weight excluding hydrogens is 322 g/mol. The van der Waals surface area contributed by atoms with E-state index in [2.05, 4.69) is 15.1 Å². The third-order valence-corrected chi connectivity index (χ3v) is 6.00. The molecule has 2 aliphatic rings. The summed E-state index contributed by atoms with van der Waals surface area (Å²) in [7, 11) is 0. The Hall–Kier alpha value is -1.69. The molecule has 1 aliphatic carbocycles. The van der Waals surface area contributed by atoms with Gasteiger partial charge in [0.25, 0.3) is 0 Å². The second-order valence-electron chi connectivity index (χ2n) is 6.89. The van der Waals surface area contributed by atoms with E-state index in [1.54, 1.807) is 11.3 Å². The van der Waals surface area contributed by atoms with Crippen molar-refractivity contribution >= 4 is 17.2 Å². The summed E-state index contributed by atoms with van der Waals surface area (Å²) in [5, 5.41) is 12.4. The Morgan fingerprint density at radius 1 is 1.12 bits per heavy atom. The van der Waals surface area contributed by atoms with Crippen LogP contribution in [-0.4, -0.2) is 34.1 Å². The molecule has 0 unspecified atom stereocenters. The van der Waals surface area contributed by atoms with Gasteiger partial charge in [0.15, 0.2) is 0 Å². The van der Waals surface area contributed by atoms with Crippen LogP contribution in [0.5, 0.6) is 0 Å². The van der Waals surface area contributed by atoms with Gasteiger partial charge in [0, 0.05) is 35.9 Å². The first-order chi connectivity index (χ1) is 11.8. The fraction of sp³-hybridized carbons (Fsp3) is 0.611. The number of likely N-dealkylation sites (tertiary alicyclic amines) is 1. The van der Waals surface area contributed by atoms with Gasteiger partial charge in [0.1, 0.15) is 0 Å². The van der Waals surface area contributed by atoms with Crippen LogP contribution in [0.4, 0.5) is 0 Å². The third kappa shape index (κ3) is 3.24. The van der Waals surface area contributed by atoms with Crippen LogP contribution in [0.2, 0.25) is 0 Å². The van der Waals surface area contributed by atoms with Gasteiger partial charge < -0.3 is 9.32 Å². The van der Waals surface area contributed by atoms with Gasteiger partial charge in [-0.25, -0.2) is 0 Å². The number of hydrogen-bond acceptors (Lipinski definition) is 5. The Bertz CT molecular complexity index is 668. The molecule has 1 saturated heterocycles. The van der Waals surface area contributed by atoms with Crippen molar-refractivity contribution in [2.45, 2.75) is 50.9 Å². The summed E-state index contributed by atoms with van der Waals surface area (Å²) in [5.41, 5.74) is 0.990. The molecular formula is C18H23N3O2S. The van der Waals surface area contributed by atoms with Crippen LogP contribution >= 0.6 is 11.3 Å². The molecule has 3 heterocycles. The Morgan fingerprint density at radius 2 is 1.92 bits per heavy atom. The highest BCUT2D eigenvalue weighted by Crippen LogP contribution is 2.32. The van der Waals surface area contributed by atoms with Gasteiger partial charge in [0.2, 0.25) is 17.7 Å². The van der Waals surface area contributed by atoms with Crippen molar-refractivity contribution in [3.8, 4) is 11.5 Å². The van der Waals surface area contributed by atoms with E-state index >= 15 is 0 Å². The SMILES string of the molecule is O=C(C1CCCCC1)N1CCC(c2nnc(-c3ccsc3)o2)CC1. The predicted octanol–water partition coefficient (Wildman–Crippen LogP) is 4.08. The van der Waals surface area contributed by atoms with Crippen molar-refractivity contribution in [1.29, 1.82) is 0 Å². The van der Waals surface area contributed by atoms with E-state index in [9.17, 15) is 4.79 Å². The Kier molecular flexibility index (Phi) is 4.65. The number of piperidine rings is 1. The topological polar surface area (TPSA) is 59.2 Å². The Morgan fingerprint density at radius 3 is 2.62 bits per heavy atom. The van der Waals surface area contributed by atoms with Crippen molar-refractivity contribution < 1.29 is 9.21 Å². The average Bonchev–Trinajstić information content (AvgIpc) is 3.33. The molecule has 1 amide bonds. The third-order valence-electron chi connectivity index (χ3n) is 5.32. The molecule has 0 spiro atoms. The standard InChI is InChI=1S/C18H23N3O2S/c22-18(14-4-2-1-3-5-14)21-9-6-13(7-10-21)16-19-20-17(23-16)15-8-11-24-12-15/h8,11-14H,1-7,9-10H2. The number of amides is 1. The van der Waals surface area contributed by atoms with Gasteiger partial charge in [-0.1, -0.05) is 19.3 Å². The number of thiophene rings is 1. The minimum atomic E-state index is 0.267. The summed E-state index contributed by atoms with van der Waals surface area (Å²) in [5.74, 6) is 2.25. The molecule has 24 heavy (non-hydrogen) atoms. The molecule has 128 valence electrons. The molecule has 2 aromatic rings. The number of aromatic nitrogens is 2. The average molecular weight is 345 g/mol. The number of carbonyl (C=O) groups excluding carboxylic acids is 1. The quantitative estimate of drug-likeness (QED) is 0.841. The molecule has 0 N–H and O–H groups in total. The van der Waals surface area contributed by atoms with Crippen molar-refractivity contribution in [2.24, 2.45) is 5.92 Å². The lowest BCUT2D eigenvalue weighted by Crippen LogP contribution is -2.41. The van der Waals surface area contributed by atoms with E-state index in [4.69, 9.17) is 4.42 Å². The van der Waals surface area contributed by atoms with Crippen LogP contribution in [-0.2, 0) is 4.79 Å². The van der Waals surface area contributed by atoms with E-state index in [1.807, 2.05) is 16.8 Å². The van der Waals surface area contributed by atoms with Crippen LogP contribution in [0, 0.1) is 5.92 Å². The number of nitrogens with zero attached hydrogens (tertiary/aromatic N) is 3. The van der Waals surface area contributed by atoms with Crippen LogP contribution in [0.25, 0.3) is 11.5 Å². The fourth-order valence-corrected chi connectivity index (χ4v) is 4.49. The normalized spacial score (nSPS) is 20.4. The number of carbonyl (C=O) groups is 1. The monoisotopic (exact) mass is 345 g/mol. The maximum atomic E-state index is 12.6. The summed E-state index contributed by atoms with van der Waals surface area (Å²) in [4.78, 5) is 14.7. The molecule has 1 aliphatic heterocycles. The van der Waals surface area contributed by atoms with Crippen LogP contribution in [0.3, 0.4) is 0 Å². The summed E-state index contributed by atoms with van der Waals surface area (Å²) >= 11 is 1.62. The lowest BCUT2D eigenvalue weighted by molar-refractivity contribution is -0.137. The van der Waals surface area contributed by atoms with Crippen molar-refractivity contribution in [1.82, 2.24) is 15.1 Å². The van der Waals surface area contributed by atoms with Crippen LogP contribution in [0.15, 0.2) is 21.2 Å². The maximum Gasteiger partial charge on any atom is 0.248 e. The summed E-state index contributed by atoms with van der Waals surface area (Å²) in [6, 6.07) is 1.99. The minimum absolute atomic E-state index is 0.267. The molecule has 2 aromatic heterocycles. The zero-order valence-corrected chi connectivity index (χ0v) is 14.6. The first-order valence-corrected chi connectivity index (χ1v) is 9.90. The second-order valence-corrected chi connectivity index (χ2v) is 7.67. The molecule has 0 atom stereocenters. The maximum absolute atomic E-state index is 12.6. The van der Waals surface area contributed by atoms with E-state index in [-0.39, 0.29) is 11.8 Å². The van der Waals surface area contributed by atoms with Gasteiger partial charge in [0.05, 0.1) is 0 Å². The summed E-state index contributed by atoms with van der Waals surface area (Å²) in [6.45, 7) is 1.63. The first-order valence-electron chi connectivity index (χ1n) is 8.96. The molecule has 4 rings (SSSR count). The molecule has 5 nitrogen and oxygen atoms in total. The van der Waals surface area contributed by atoms with Crippen molar-refractivity contribution in [3.05, 3.63) is 22.7 Å². The van der Waals surface area contributed by atoms with E-state index < -0.39 is 0 Å². The van der Waals surface area contributed by atoms with Crippen LogP contribution < -0.4 is 0 Å². The zero-order valence-electron chi connectivity index (χ0n) is 13.8. The Balaban J connectivity index is 1.35. The van der Waals surface area contributed by atoms with Crippen molar-refractivity contribution in [2.75, 3.05) is 13.1 Å². The zero-order chi connectivity index (χ0) is 16.4. The van der Waals surface area contributed by atoms with Gasteiger partial charge in [-0.15, -0.1) is 10.2 Å². The van der Waals surface area contributed by atoms with E-state index in [1.165, 1.54) is 19.3 Å². The Labute approximate surface area is 146 Å². The van der Waals surface area contributed by atoms with Gasteiger partial charge >= 0.3 is 0 Å².